The number of halogens is 2. The molecule has 1 fully saturated rings. The monoisotopic (exact) mass is 327 g/mol. The molecule has 0 amide bonds. The summed E-state index contributed by atoms with van der Waals surface area (Å²) in [6.07, 6.45) is 5.27. The third-order valence-electron chi connectivity index (χ3n) is 3.75. The van der Waals surface area contributed by atoms with Gasteiger partial charge in [0.2, 0.25) is 0 Å². The minimum atomic E-state index is -0.153. The highest BCUT2D eigenvalue weighted by Crippen LogP contribution is 2.26. The van der Waals surface area contributed by atoms with Crippen LogP contribution in [0.15, 0.2) is 22.7 Å². The van der Waals surface area contributed by atoms with Crippen molar-refractivity contribution in [3.8, 4) is 0 Å². The standard InChI is InChI=1S/C16H23BrFN/c1-12(2)10-19(16-5-3-4-6-16)11-13-7-14(17)9-15(18)8-13/h7-9,12,16H,3-6,10-11H2,1-2H3. The van der Waals surface area contributed by atoms with E-state index in [0.717, 1.165) is 23.1 Å². The molecule has 0 heterocycles. The van der Waals surface area contributed by atoms with Crippen LogP contribution < -0.4 is 0 Å². The fourth-order valence-corrected chi connectivity index (χ4v) is 3.53. The lowest BCUT2D eigenvalue weighted by Crippen LogP contribution is -2.35. The van der Waals surface area contributed by atoms with Crippen molar-refractivity contribution >= 4 is 15.9 Å². The summed E-state index contributed by atoms with van der Waals surface area (Å²) in [5, 5.41) is 0. The second kappa shape index (κ2) is 6.85. The molecule has 1 aliphatic carbocycles. The van der Waals surface area contributed by atoms with Crippen LogP contribution in [0, 0.1) is 11.7 Å². The van der Waals surface area contributed by atoms with Crippen LogP contribution in [-0.2, 0) is 6.54 Å². The van der Waals surface area contributed by atoms with Gasteiger partial charge in [-0.2, -0.15) is 0 Å². The highest BCUT2D eigenvalue weighted by atomic mass is 79.9. The van der Waals surface area contributed by atoms with E-state index in [1.54, 1.807) is 6.07 Å². The molecule has 0 aliphatic heterocycles. The first-order valence-corrected chi connectivity index (χ1v) is 8.03. The van der Waals surface area contributed by atoms with Crippen LogP contribution in [0.3, 0.4) is 0 Å². The lowest BCUT2D eigenvalue weighted by molar-refractivity contribution is 0.168. The highest BCUT2D eigenvalue weighted by molar-refractivity contribution is 9.10. The Bertz CT molecular complexity index is 393. The van der Waals surface area contributed by atoms with E-state index in [9.17, 15) is 4.39 Å². The van der Waals surface area contributed by atoms with Gasteiger partial charge < -0.3 is 0 Å². The molecule has 1 saturated carbocycles. The number of nitrogens with zero attached hydrogens (tertiary/aromatic N) is 1. The number of rotatable bonds is 5. The molecule has 0 aromatic heterocycles. The molecule has 19 heavy (non-hydrogen) atoms. The molecule has 0 N–H and O–H groups in total. The van der Waals surface area contributed by atoms with Gasteiger partial charge in [0, 0.05) is 23.6 Å². The second-order valence-corrected chi connectivity index (χ2v) is 6.95. The predicted molar refractivity (Wildman–Crippen MR) is 81.6 cm³/mol. The Balaban J connectivity index is 2.09. The summed E-state index contributed by atoms with van der Waals surface area (Å²) < 4.78 is 14.3. The van der Waals surface area contributed by atoms with Gasteiger partial charge in [0.1, 0.15) is 5.82 Å². The van der Waals surface area contributed by atoms with Crippen LogP contribution in [0.25, 0.3) is 0 Å². The number of hydrogen-bond acceptors (Lipinski definition) is 1. The van der Waals surface area contributed by atoms with Crippen LogP contribution >= 0.6 is 15.9 Å². The maximum atomic E-state index is 13.5. The van der Waals surface area contributed by atoms with Crippen molar-refractivity contribution in [2.45, 2.75) is 52.1 Å². The smallest absolute Gasteiger partial charge is 0.124 e. The molecule has 1 nitrogen and oxygen atoms in total. The second-order valence-electron chi connectivity index (χ2n) is 6.04. The summed E-state index contributed by atoms with van der Waals surface area (Å²) in [6.45, 7) is 6.46. The van der Waals surface area contributed by atoms with E-state index in [4.69, 9.17) is 0 Å². The Morgan fingerprint density at radius 2 is 1.95 bits per heavy atom. The van der Waals surface area contributed by atoms with E-state index in [1.807, 2.05) is 6.07 Å². The molecule has 0 unspecified atom stereocenters. The minimum Gasteiger partial charge on any atom is -0.296 e. The van der Waals surface area contributed by atoms with Crippen molar-refractivity contribution in [2.75, 3.05) is 6.54 Å². The molecule has 0 saturated heterocycles. The van der Waals surface area contributed by atoms with Gasteiger partial charge in [-0.15, -0.1) is 0 Å². The fraction of sp³-hybridized carbons (Fsp3) is 0.625. The normalized spacial score (nSPS) is 16.7. The summed E-state index contributed by atoms with van der Waals surface area (Å²) in [5.74, 6) is 0.498. The molecule has 0 bridgehead atoms. The summed E-state index contributed by atoms with van der Waals surface area (Å²) in [6, 6.07) is 5.90. The van der Waals surface area contributed by atoms with E-state index in [0.29, 0.717) is 12.0 Å². The van der Waals surface area contributed by atoms with Crippen molar-refractivity contribution < 1.29 is 4.39 Å². The molecular formula is C16H23BrFN. The van der Waals surface area contributed by atoms with E-state index in [1.165, 1.54) is 31.7 Å². The molecule has 1 aromatic rings. The first-order chi connectivity index (χ1) is 9.04. The molecule has 2 rings (SSSR count). The average Bonchev–Trinajstić information content (AvgIpc) is 2.79. The molecule has 0 atom stereocenters. The van der Waals surface area contributed by atoms with Crippen molar-refractivity contribution in [1.82, 2.24) is 4.90 Å². The average molecular weight is 328 g/mol. The summed E-state index contributed by atoms with van der Waals surface area (Å²) in [7, 11) is 0. The SMILES string of the molecule is CC(C)CN(Cc1cc(F)cc(Br)c1)C1CCCC1. The fourth-order valence-electron chi connectivity index (χ4n) is 3.02. The van der Waals surface area contributed by atoms with Crippen molar-refractivity contribution in [3.63, 3.8) is 0 Å². The third kappa shape index (κ3) is 4.57. The van der Waals surface area contributed by atoms with Gasteiger partial charge in [0.15, 0.2) is 0 Å². The Morgan fingerprint density at radius 3 is 2.53 bits per heavy atom. The minimum absolute atomic E-state index is 0.153. The van der Waals surface area contributed by atoms with Crippen LogP contribution in [0.2, 0.25) is 0 Å². The van der Waals surface area contributed by atoms with Gasteiger partial charge in [-0.25, -0.2) is 4.39 Å². The van der Waals surface area contributed by atoms with Crippen LogP contribution in [0.5, 0.6) is 0 Å². The zero-order valence-electron chi connectivity index (χ0n) is 11.8. The summed E-state index contributed by atoms with van der Waals surface area (Å²) in [5.41, 5.74) is 1.07. The van der Waals surface area contributed by atoms with Gasteiger partial charge in [-0.05, 0) is 42.5 Å². The van der Waals surface area contributed by atoms with Crippen molar-refractivity contribution in [1.29, 1.82) is 0 Å². The van der Waals surface area contributed by atoms with Gasteiger partial charge >= 0.3 is 0 Å². The highest BCUT2D eigenvalue weighted by Gasteiger charge is 2.23. The topological polar surface area (TPSA) is 3.24 Å². The van der Waals surface area contributed by atoms with Crippen LogP contribution in [0.4, 0.5) is 4.39 Å². The van der Waals surface area contributed by atoms with Gasteiger partial charge in [0.25, 0.3) is 0 Å². The van der Waals surface area contributed by atoms with E-state index in [-0.39, 0.29) is 5.82 Å². The first-order valence-electron chi connectivity index (χ1n) is 7.23. The Hall–Kier alpha value is -0.410. The maximum absolute atomic E-state index is 13.5. The number of benzene rings is 1. The first kappa shape index (κ1) is 15.0. The zero-order chi connectivity index (χ0) is 13.8. The lowest BCUT2D eigenvalue weighted by atomic mass is 10.1. The zero-order valence-corrected chi connectivity index (χ0v) is 13.4. The van der Waals surface area contributed by atoms with Crippen LogP contribution in [0.1, 0.15) is 45.1 Å². The predicted octanol–water partition coefficient (Wildman–Crippen LogP) is 4.99. The number of hydrogen-bond donors (Lipinski definition) is 0. The Morgan fingerprint density at radius 1 is 1.26 bits per heavy atom. The lowest BCUT2D eigenvalue weighted by Gasteiger charge is -2.30. The van der Waals surface area contributed by atoms with Crippen LogP contribution in [-0.4, -0.2) is 17.5 Å². The van der Waals surface area contributed by atoms with Gasteiger partial charge in [-0.1, -0.05) is 42.6 Å². The Labute approximate surface area is 124 Å². The third-order valence-corrected chi connectivity index (χ3v) is 4.21. The van der Waals surface area contributed by atoms with Crippen molar-refractivity contribution in [2.24, 2.45) is 5.92 Å². The largest absolute Gasteiger partial charge is 0.296 e. The molecule has 0 radical (unpaired) electrons. The Kier molecular flexibility index (Phi) is 5.40. The van der Waals surface area contributed by atoms with E-state index < -0.39 is 0 Å². The van der Waals surface area contributed by atoms with E-state index >= 15 is 0 Å². The quantitative estimate of drug-likeness (QED) is 0.736. The molecular weight excluding hydrogens is 305 g/mol. The van der Waals surface area contributed by atoms with Gasteiger partial charge in [-0.3, -0.25) is 4.90 Å². The summed E-state index contributed by atoms with van der Waals surface area (Å²) >= 11 is 3.38. The molecule has 1 aliphatic rings. The molecule has 1 aromatic carbocycles. The molecule has 0 spiro atoms. The van der Waals surface area contributed by atoms with Gasteiger partial charge in [0.05, 0.1) is 0 Å². The molecule has 3 heteroatoms. The van der Waals surface area contributed by atoms with E-state index in [2.05, 4.69) is 34.7 Å². The maximum Gasteiger partial charge on any atom is 0.124 e. The molecule has 106 valence electrons. The summed E-state index contributed by atoms with van der Waals surface area (Å²) in [4.78, 5) is 2.54. The van der Waals surface area contributed by atoms with Crippen molar-refractivity contribution in [3.05, 3.63) is 34.1 Å².